The summed E-state index contributed by atoms with van der Waals surface area (Å²) in [7, 11) is -4.41. The molecule has 0 unspecified atom stereocenters. The van der Waals surface area contributed by atoms with Gasteiger partial charge in [0.05, 0.1) is 0 Å². The number of anilines is 2. The van der Waals surface area contributed by atoms with Crippen LogP contribution in [0.2, 0.25) is 0 Å². The quantitative estimate of drug-likeness (QED) is 0.507. The molecule has 0 atom stereocenters. The molecule has 94 valence electrons. The largest absolute Gasteiger partial charge is 0.399 e. The molecule has 2 rings (SSSR count). The Labute approximate surface area is 102 Å². The first-order valence-corrected chi connectivity index (χ1v) is 6.14. The molecule has 0 fully saturated rings. The maximum absolute atomic E-state index is 11.2. The number of nitrogen functional groups attached to an aromatic ring is 2. The number of aromatic nitrogens is 3. The fraction of sp³-hybridized carbons (Fsp3) is 0. The fourth-order valence-electron chi connectivity index (χ4n) is 1.39. The Morgan fingerprint density at radius 3 is 2.50 bits per heavy atom. The fourth-order valence-corrected chi connectivity index (χ4v) is 2.05. The van der Waals surface area contributed by atoms with E-state index in [0.717, 1.165) is 6.33 Å². The molecular formula is C9H9N5O3S. The minimum Gasteiger partial charge on any atom is -0.399 e. The maximum Gasteiger partial charge on any atom is 0.295 e. The summed E-state index contributed by atoms with van der Waals surface area (Å²) >= 11 is 0. The molecule has 0 saturated carbocycles. The molecular weight excluding hydrogens is 258 g/mol. The second-order valence-electron chi connectivity index (χ2n) is 3.40. The van der Waals surface area contributed by atoms with Crippen molar-refractivity contribution in [2.75, 3.05) is 11.5 Å². The van der Waals surface area contributed by atoms with E-state index in [1.54, 1.807) is 0 Å². The summed E-state index contributed by atoms with van der Waals surface area (Å²) in [6, 6.07) is 3.84. The summed E-state index contributed by atoms with van der Waals surface area (Å²) in [6.45, 7) is 0. The van der Waals surface area contributed by atoms with Crippen molar-refractivity contribution in [1.29, 1.82) is 0 Å². The summed E-state index contributed by atoms with van der Waals surface area (Å²) in [5.74, 6) is -0.0499. The van der Waals surface area contributed by atoms with Gasteiger partial charge in [0.25, 0.3) is 10.1 Å². The molecule has 0 aliphatic carbocycles. The highest BCUT2D eigenvalue weighted by Crippen LogP contribution is 2.26. The van der Waals surface area contributed by atoms with Gasteiger partial charge in [-0.05, 0) is 18.2 Å². The van der Waals surface area contributed by atoms with Crippen LogP contribution in [0.15, 0.2) is 29.4 Å². The van der Waals surface area contributed by atoms with Gasteiger partial charge in [0.15, 0.2) is 5.82 Å². The average Bonchev–Trinajstić information content (AvgIpc) is 2.27. The zero-order valence-electron chi connectivity index (χ0n) is 8.98. The molecule has 1 aromatic heterocycles. The second kappa shape index (κ2) is 4.20. The SMILES string of the molecule is Nc1ccc(S(=O)(=O)O)c(-c2ncnc(N)n2)c1. The Morgan fingerprint density at radius 1 is 1.17 bits per heavy atom. The van der Waals surface area contributed by atoms with Gasteiger partial charge in [0.1, 0.15) is 11.2 Å². The minimum atomic E-state index is -4.41. The van der Waals surface area contributed by atoms with E-state index in [0.29, 0.717) is 5.69 Å². The van der Waals surface area contributed by atoms with Crippen LogP contribution in [-0.2, 0) is 10.1 Å². The van der Waals surface area contributed by atoms with Crippen molar-refractivity contribution in [3.8, 4) is 11.4 Å². The third-order valence-electron chi connectivity index (χ3n) is 2.11. The van der Waals surface area contributed by atoms with Crippen LogP contribution in [-0.4, -0.2) is 27.9 Å². The predicted octanol–water partition coefficient (Wildman–Crippen LogP) is -0.0503. The minimum absolute atomic E-state index is 0.0161. The smallest absolute Gasteiger partial charge is 0.295 e. The lowest BCUT2D eigenvalue weighted by Crippen LogP contribution is -2.05. The van der Waals surface area contributed by atoms with Gasteiger partial charge in [0, 0.05) is 11.3 Å². The van der Waals surface area contributed by atoms with Crippen molar-refractivity contribution in [3.63, 3.8) is 0 Å². The Balaban J connectivity index is 2.74. The Morgan fingerprint density at radius 2 is 1.89 bits per heavy atom. The summed E-state index contributed by atoms with van der Waals surface area (Å²) in [5, 5.41) is 0. The van der Waals surface area contributed by atoms with Gasteiger partial charge in [-0.15, -0.1) is 0 Å². The summed E-state index contributed by atoms with van der Waals surface area (Å²) in [6.07, 6.45) is 1.13. The van der Waals surface area contributed by atoms with E-state index in [1.165, 1.54) is 18.2 Å². The molecule has 0 spiro atoms. The number of nitrogens with two attached hydrogens (primary N) is 2. The second-order valence-corrected chi connectivity index (χ2v) is 4.79. The Kier molecular flexibility index (Phi) is 2.85. The molecule has 2 aromatic rings. The highest BCUT2D eigenvalue weighted by Gasteiger charge is 2.18. The number of rotatable bonds is 2. The van der Waals surface area contributed by atoms with Gasteiger partial charge < -0.3 is 11.5 Å². The van der Waals surface area contributed by atoms with Crippen molar-refractivity contribution in [2.45, 2.75) is 4.90 Å². The van der Waals surface area contributed by atoms with E-state index < -0.39 is 10.1 Å². The van der Waals surface area contributed by atoms with E-state index in [-0.39, 0.29) is 22.2 Å². The normalized spacial score (nSPS) is 11.4. The molecule has 5 N–H and O–H groups in total. The number of nitrogens with zero attached hydrogens (tertiary/aromatic N) is 3. The zero-order valence-corrected chi connectivity index (χ0v) is 9.79. The lowest BCUT2D eigenvalue weighted by Gasteiger charge is -2.06. The molecule has 1 aromatic carbocycles. The van der Waals surface area contributed by atoms with E-state index >= 15 is 0 Å². The Bertz CT molecular complexity index is 701. The number of hydrogen-bond acceptors (Lipinski definition) is 7. The van der Waals surface area contributed by atoms with Crippen LogP contribution < -0.4 is 11.5 Å². The van der Waals surface area contributed by atoms with Crippen LogP contribution >= 0.6 is 0 Å². The lowest BCUT2D eigenvalue weighted by atomic mass is 10.2. The van der Waals surface area contributed by atoms with Crippen LogP contribution in [0.3, 0.4) is 0 Å². The van der Waals surface area contributed by atoms with Crippen molar-refractivity contribution < 1.29 is 13.0 Å². The van der Waals surface area contributed by atoms with Crippen LogP contribution in [0.4, 0.5) is 11.6 Å². The summed E-state index contributed by atoms with van der Waals surface area (Å²) < 4.78 is 31.6. The van der Waals surface area contributed by atoms with E-state index in [1.807, 2.05) is 0 Å². The van der Waals surface area contributed by atoms with Crippen molar-refractivity contribution in [1.82, 2.24) is 15.0 Å². The molecule has 0 aliphatic heterocycles. The third kappa shape index (κ3) is 2.36. The average molecular weight is 267 g/mol. The van der Waals surface area contributed by atoms with Gasteiger partial charge in [-0.2, -0.15) is 13.4 Å². The first-order chi connectivity index (χ1) is 8.38. The number of hydrogen-bond donors (Lipinski definition) is 3. The first-order valence-electron chi connectivity index (χ1n) is 4.70. The van der Waals surface area contributed by atoms with Gasteiger partial charge in [-0.25, -0.2) is 9.97 Å². The van der Waals surface area contributed by atoms with Gasteiger partial charge in [0.2, 0.25) is 5.95 Å². The Hall–Kier alpha value is -2.26. The summed E-state index contributed by atoms with van der Waals surface area (Å²) in [5.41, 5.74) is 11.3. The van der Waals surface area contributed by atoms with E-state index in [4.69, 9.17) is 16.0 Å². The van der Waals surface area contributed by atoms with Crippen molar-refractivity contribution >= 4 is 21.8 Å². The van der Waals surface area contributed by atoms with Crippen LogP contribution in [0.5, 0.6) is 0 Å². The topological polar surface area (TPSA) is 145 Å². The van der Waals surface area contributed by atoms with Crippen LogP contribution in [0.25, 0.3) is 11.4 Å². The molecule has 8 nitrogen and oxygen atoms in total. The van der Waals surface area contributed by atoms with Crippen molar-refractivity contribution in [3.05, 3.63) is 24.5 Å². The molecule has 18 heavy (non-hydrogen) atoms. The molecule has 1 heterocycles. The molecule has 0 amide bonds. The first kappa shape index (κ1) is 12.2. The van der Waals surface area contributed by atoms with Gasteiger partial charge in [-0.1, -0.05) is 0 Å². The third-order valence-corrected chi connectivity index (χ3v) is 3.02. The van der Waals surface area contributed by atoms with E-state index in [9.17, 15) is 8.42 Å². The van der Waals surface area contributed by atoms with E-state index in [2.05, 4.69) is 15.0 Å². The lowest BCUT2D eigenvalue weighted by molar-refractivity contribution is 0.483. The molecule has 0 bridgehead atoms. The highest BCUT2D eigenvalue weighted by atomic mass is 32.2. The predicted molar refractivity (Wildman–Crippen MR) is 63.9 cm³/mol. The monoisotopic (exact) mass is 267 g/mol. The zero-order chi connectivity index (χ0) is 13.3. The molecule has 0 aliphatic rings. The highest BCUT2D eigenvalue weighted by molar-refractivity contribution is 7.86. The number of benzene rings is 1. The van der Waals surface area contributed by atoms with Gasteiger partial charge in [-0.3, -0.25) is 4.55 Å². The maximum atomic E-state index is 11.2. The summed E-state index contributed by atoms with van der Waals surface area (Å²) in [4.78, 5) is 10.8. The standard InChI is InChI=1S/C9H9N5O3S/c10-5-1-2-7(18(15,16)17)6(3-5)8-12-4-13-9(11)14-8/h1-4H,10H2,(H,15,16,17)(H2,11,12,13,14). The van der Waals surface area contributed by atoms with Gasteiger partial charge >= 0.3 is 0 Å². The molecule has 9 heteroatoms. The van der Waals surface area contributed by atoms with Crippen LogP contribution in [0, 0.1) is 0 Å². The molecule has 0 saturated heterocycles. The van der Waals surface area contributed by atoms with Crippen LogP contribution in [0.1, 0.15) is 0 Å². The molecule has 0 radical (unpaired) electrons. The van der Waals surface area contributed by atoms with Crippen molar-refractivity contribution in [2.24, 2.45) is 0 Å².